The van der Waals surface area contributed by atoms with Crippen molar-refractivity contribution in [3.63, 3.8) is 0 Å². The van der Waals surface area contributed by atoms with Crippen molar-refractivity contribution in [1.82, 2.24) is 4.98 Å². The molecule has 72 valence electrons. The van der Waals surface area contributed by atoms with E-state index in [2.05, 4.69) is 20.9 Å². The maximum atomic E-state index is 5.47. The average Bonchev–Trinajstić information content (AvgIpc) is 2.50. The molecule has 0 radical (unpaired) electrons. The summed E-state index contributed by atoms with van der Waals surface area (Å²) in [7, 11) is 0. The maximum Gasteiger partial charge on any atom is 0.169 e. The lowest BCUT2D eigenvalue weighted by atomic mass is 10.1. The lowest BCUT2D eigenvalue weighted by molar-refractivity contribution is 0.555. The van der Waals surface area contributed by atoms with E-state index >= 15 is 0 Å². The summed E-state index contributed by atoms with van der Waals surface area (Å²) >= 11 is 3.28. The Kier molecular flexibility index (Phi) is 2.42. The monoisotopic (exact) mass is 251 g/mol. The molecule has 0 aliphatic rings. The standard InChI is InChI=1S/C11H10BrNO/c1-7-5-9(6-8(2)13-7)10-3-4-11(12)14-10/h3-6H,1-2H3. The van der Waals surface area contributed by atoms with Crippen molar-refractivity contribution < 1.29 is 4.42 Å². The first-order valence-electron chi connectivity index (χ1n) is 4.36. The van der Waals surface area contributed by atoms with Gasteiger partial charge in [0.1, 0.15) is 5.76 Å². The summed E-state index contributed by atoms with van der Waals surface area (Å²) in [6.07, 6.45) is 0. The molecule has 2 aromatic heterocycles. The van der Waals surface area contributed by atoms with Crippen LogP contribution in [-0.2, 0) is 0 Å². The van der Waals surface area contributed by atoms with Gasteiger partial charge in [0.15, 0.2) is 4.67 Å². The van der Waals surface area contributed by atoms with Crippen LogP contribution in [-0.4, -0.2) is 4.98 Å². The van der Waals surface area contributed by atoms with E-state index in [1.807, 2.05) is 38.1 Å². The molecule has 0 unspecified atom stereocenters. The van der Waals surface area contributed by atoms with Crippen molar-refractivity contribution in [1.29, 1.82) is 0 Å². The summed E-state index contributed by atoms with van der Waals surface area (Å²) in [6.45, 7) is 3.96. The van der Waals surface area contributed by atoms with Gasteiger partial charge in [0, 0.05) is 17.0 Å². The van der Waals surface area contributed by atoms with Crippen LogP contribution >= 0.6 is 15.9 Å². The fourth-order valence-corrected chi connectivity index (χ4v) is 1.75. The molecule has 2 nitrogen and oxygen atoms in total. The van der Waals surface area contributed by atoms with Crippen LogP contribution in [0.5, 0.6) is 0 Å². The van der Waals surface area contributed by atoms with Crippen molar-refractivity contribution in [3.05, 3.63) is 40.3 Å². The highest BCUT2D eigenvalue weighted by Gasteiger charge is 2.04. The smallest absolute Gasteiger partial charge is 0.169 e. The predicted molar refractivity (Wildman–Crippen MR) is 59.1 cm³/mol. The van der Waals surface area contributed by atoms with E-state index in [0.29, 0.717) is 0 Å². The highest BCUT2D eigenvalue weighted by Crippen LogP contribution is 2.25. The van der Waals surface area contributed by atoms with Crippen molar-refractivity contribution in [3.8, 4) is 11.3 Å². The lowest BCUT2D eigenvalue weighted by Gasteiger charge is -2.00. The minimum absolute atomic E-state index is 0.750. The number of hydrogen-bond acceptors (Lipinski definition) is 2. The second-order valence-electron chi connectivity index (χ2n) is 3.24. The highest BCUT2D eigenvalue weighted by atomic mass is 79.9. The number of hydrogen-bond donors (Lipinski definition) is 0. The molecule has 0 saturated heterocycles. The number of halogens is 1. The topological polar surface area (TPSA) is 26.0 Å². The second kappa shape index (κ2) is 3.58. The van der Waals surface area contributed by atoms with Crippen LogP contribution < -0.4 is 0 Å². The first-order chi connectivity index (χ1) is 6.65. The van der Waals surface area contributed by atoms with Gasteiger partial charge in [-0.1, -0.05) is 0 Å². The Labute approximate surface area is 91.1 Å². The Morgan fingerprint density at radius 2 is 1.79 bits per heavy atom. The van der Waals surface area contributed by atoms with Gasteiger partial charge in [-0.15, -0.1) is 0 Å². The van der Waals surface area contributed by atoms with Gasteiger partial charge in [-0.3, -0.25) is 4.98 Å². The van der Waals surface area contributed by atoms with Crippen LogP contribution in [0.4, 0.5) is 0 Å². The van der Waals surface area contributed by atoms with Crippen molar-refractivity contribution in [2.45, 2.75) is 13.8 Å². The molecule has 14 heavy (non-hydrogen) atoms. The van der Waals surface area contributed by atoms with Crippen LogP contribution in [0.2, 0.25) is 0 Å². The van der Waals surface area contributed by atoms with Gasteiger partial charge in [-0.05, 0) is 54.0 Å². The third kappa shape index (κ3) is 1.87. The van der Waals surface area contributed by atoms with Crippen LogP contribution in [0.3, 0.4) is 0 Å². The summed E-state index contributed by atoms with van der Waals surface area (Å²) in [5.41, 5.74) is 3.08. The van der Waals surface area contributed by atoms with Crippen LogP contribution in [0.25, 0.3) is 11.3 Å². The van der Waals surface area contributed by atoms with Gasteiger partial charge in [-0.25, -0.2) is 0 Å². The van der Waals surface area contributed by atoms with E-state index in [9.17, 15) is 0 Å². The zero-order chi connectivity index (χ0) is 10.1. The summed E-state index contributed by atoms with van der Waals surface area (Å²) in [5, 5.41) is 0. The summed E-state index contributed by atoms with van der Waals surface area (Å²) < 4.78 is 6.22. The molecule has 0 saturated carbocycles. The van der Waals surface area contributed by atoms with Crippen LogP contribution in [0.1, 0.15) is 11.4 Å². The quantitative estimate of drug-likeness (QED) is 0.773. The Bertz CT molecular complexity index is 442. The number of pyridine rings is 1. The Morgan fingerprint density at radius 3 is 2.29 bits per heavy atom. The molecular formula is C11H10BrNO. The molecule has 2 rings (SSSR count). The zero-order valence-corrected chi connectivity index (χ0v) is 9.63. The molecule has 0 aliphatic heterocycles. The molecule has 2 heterocycles. The van der Waals surface area contributed by atoms with Crippen LogP contribution in [0, 0.1) is 13.8 Å². The Hall–Kier alpha value is -1.09. The molecule has 0 aromatic carbocycles. The van der Waals surface area contributed by atoms with Gasteiger partial charge in [0.05, 0.1) is 0 Å². The van der Waals surface area contributed by atoms with Gasteiger partial charge in [-0.2, -0.15) is 0 Å². The summed E-state index contributed by atoms with van der Waals surface area (Å²) in [4.78, 5) is 4.31. The van der Waals surface area contributed by atoms with Crippen molar-refractivity contribution in [2.75, 3.05) is 0 Å². The molecule has 0 atom stereocenters. The molecule has 0 aliphatic carbocycles. The average molecular weight is 252 g/mol. The first-order valence-corrected chi connectivity index (χ1v) is 5.15. The predicted octanol–water partition coefficient (Wildman–Crippen LogP) is 3.72. The maximum absolute atomic E-state index is 5.47. The van der Waals surface area contributed by atoms with Crippen molar-refractivity contribution >= 4 is 15.9 Å². The number of aromatic nitrogens is 1. The summed E-state index contributed by atoms with van der Waals surface area (Å²) in [5.74, 6) is 0.866. The largest absolute Gasteiger partial charge is 0.449 e. The fourth-order valence-electron chi connectivity index (χ4n) is 1.45. The third-order valence-electron chi connectivity index (χ3n) is 1.94. The molecule has 3 heteroatoms. The highest BCUT2D eigenvalue weighted by molar-refractivity contribution is 9.10. The SMILES string of the molecule is Cc1cc(-c2ccc(Br)o2)cc(C)n1. The zero-order valence-electron chi connectivity index (χ0n) is 8.04. The molecular weight excluding hydrogens is 242 g/mol. The van der Waals surface area contributed by atoms with E-state index in [4.69, 9.17) is 4.42 Å². The van der Waals surface area contributed by atoms with E-state index in [0.717, 1.165) is 27.4 Å². The van der Waals surface area contributed by atoms with Crippen LogP contribution in [0.15, 0.2) is 33.4 Å². The van der Waals surface area contributed by atoms with E-state index < -0.39 is 0 Å². The van der Waals surface area contributed by atoms with Gasteiger partial charge >= 0.3 is 0 Å². The number of aryl methyl sites for hydroxylation is 2. The minimum Gasteiger partial charge on any atom is -0.449 e. The fraction of sp³-hybridized carbons (Fsp3) is 0.182. The van der Waals surface area contributed by atoms with Gasteiger partial charge in [0.2, 0.25) is 0 Å². The third-order valence-corrected chi connectivity index (χ3v) is 2.37. The minimum atomic E-state index is 0.750. The molecule has 0 fully saturated rings. The Morgan fingerprint density at radius 1 is 1.14 bits per heavy atom. The van der Waals surface area contributed by atoms with Crippen molar-refractivity contribution in [2.24, 2.45) is 0 Å². The molecule has 0 amide bonds. The number of furan rings is 1. The van der Waals surface area contributed by atoms with Gasteiger partial charge in [0.25, 0.3) is 0 Å². The molecule has 0 bridgehead atoms. The normalized spacial score (nSPS) is 10.5. The van der Waals surface area contributed by atoms with Gasteiger partial charge < -0.3 is 4.42 Å². The Balaban J connectivity index is 2.51. The van der Waals surface area contributed by atoms with E-state index in [1.165, 1.54) is 0 Å². The molecule has 0 spiro atoms. The van der Waals surface area contributed by atoms with E-state index in [-0.39, 0.29) is 0 Å². The first kappa shape index (κ1) is 9.46. The van der Waals surface area contributed by atoms with E-state index in [1.54, 1.807) is 0 Å². The second-order valence-corrected chi connectivity index (χ2v) is 4.02. The summed E-state index contributed by atoms with van der Waals surface area (Å²) in [6, 6.07) is 7.86. The number of rotatable bonds is 1. The number of nitrogens with zero attached hydrogens (tertiary/aromatic N) is 1. The molecule has 0 N–H and O–H groups in total. The molecule has 2 aromatic rings. The lowest BCUT2D eigenvalue weighted by Crippen LogP contribution is -1.86.